The van der Waals surface area contributed by atoms with Gasteiger partial charge in [0.1, 0.15) is 5.82 Å². The number of hydrogen-bond donors (Lipinski definition) is 2. The molecule has 3 nitrogen and oxygen atoms in total. The van der Waals surface area contributed by atoms with E-state index >= 15 is 0 Å². The summed E-state index contributed by atoms with van der Waals surface area (Å²) in [5.74, 6) is -0.0171. The minimum atomic E-state index is -0.252. The second kappa shape index (κ2) is 6.84. The fraction of sp³-hybridized carbons (Fsp3) is 0.562. The van der Waals surface area contributed by atoms with Crippen LogP contribution in [0, 0.1) is 11.7 Å². The van der Waals surface area contributed by atoms with Gasteiger partial charge in [0.05, 0.1) is 6.04 Å². The van der Waals surface area contributed by atoms with Crippen LogP contribution in [0.25, 0.3) is 0 Å². The standard InChI is InChI=1S/C16H23FN2O/c1-11(12-3-7-14(17)8-4-12)19-16(20)13-5-9-15(18-2)10-6-13/h3-4,7-8,11,13,15,18H,5-6,9-10H2,1-2H3,(H,19,20)/t11-,13-,15-/m1/s1. The van der Waals surface area contributed by atoms with Crippen molar-refractivity contribution in [2.75, 3.05) is 7.05 Å². The molecule has 1 aliphatic carbocycles. The number of rotatable bonds is 4. The SMILES string of the molecule is CN[C@H]1CC[C@H](C(=O)N[C@H](C)c2ccc(F)cc2)CC1. The van der Waals surface area contributed by atoms with Crippen LogP contribution in [0.4, 0.5) is 4.39 Å². The van der Waals surface area contributed by atoms with Crippen LogP contribution >= 0.6 is 0 Å². The molecule has 0 radical (unpaired) electrons. The molecule has 0 aromatic heterocycles. The quantitative estimate of drug-likeness (QED) is 0.889. The van der Waals surface area contributed by atoms with Gasteiger partial charge in [0, 0.05) is 12.0 Å². The monoisotopic (exact) mass is 278 g/mol. The van der Waals surface area contributed by atoms with E-state index in [0.717, 1.165) is 31.2 Å². The molecule has 1 saturated carbocycles. The van der Waals surface area contributed by atoms with Crippen molar-refractivity contribution >= 4 is 5.91 Å². The molecule has 4 heteroatoms. The first-order valence-electron chi connectivity index (χ1n) is 7.33. The molecule has 1 aliphatic rings. The summed E-state index contributed by atoms with van der Waals surface area (Å²) < 4.78 is 12.9. The van der Waals surface area contributed by atoms with Crippen molar-refractivity contribution in [1.29, 1.82) is 0 Å². The van der Waals surface area contributed by atoms with Crippen molar-refractivity contribution in [2.24, 2.45) is 5.92 Å². The van der Waals surface area contributed by atoms with Gasteiger partial charge < -0.3 is 10.6 Å². The predicted molar refractivity (Wildman–Crippen MR) is 77.8 cm³/mol. The molecule has 0 aliphatic heterocycles. The molecule has 1 amide bonds. The minimum absolute atomic E-state index is 0.0786. The van der Waals surface area contributed by atoms with Crippen LogP contribution in [0.3, 0.4) is 0 Å². The average molecular weight is 278 g/mol. The Morgan fingerprint density at radius 3 is 2.35 bits per heavy atom. The van der Waals surface area contributed by atoms with Crippen molar-refractivity contribution in [2.45, 2.75) is 44.7 Å². The molecule has 110 valence electrons. The summed E-state index contributed by atoms with van der Waals surface area (Å²) in [6, 6.07) is 6.77. The smallest absolute Gasteiger partial charge is 0.223 e. The fourth-order valence-electron chi connectivity index (χ4n) is 2.81. The Bertz CT molecular complexity index is 438. The highest BCUT2D eigenvalue weighted by molar-refractivity contribution is 5.79. The van der Waals surface area contributed by atoms with Crippen LogP contribution in [-0.2, 0) is 4.79 Å². The molecule has 0 heterocycles. The first-order chi connectivity index (χ1) is 9.60. The van der Waals surface area contributed by atoms with E-state index in [2.05, 4.69) is 10.6 Å². The molecule has 0 bridgehead atoms. The first kappa shape index (κ1) is 15.0. The molecular weight excluding hydrogens is 255 g/mol. The molecular formula is C16H23FN2O. The molecule has 2 N–H and O–H groups in total. The maximum Gasteiger partial charge on any atom is 0.223 e. The Morgan fingerprint density at radius 2 is 1.80 bits per heavy atom. The maximum atomic E-state index is 12.9. The van der Waals surface area contributed by atoms with E-state index in [0.29, 0.717) is 6.04 Å². The third-order valence-electron chi connectivity index (χ3n) is 4.23. The van der Waals surface area contributed by atoms with E-state index in [4.69, 9.17) is 0 Å². The topological polar surface area (TPSA) is 41.1 Å². The molecule has 2 rings (SSSR count). The van der Waals surface area contributed by atoms with Crippen molar-refractivity contribution in [3.05, 3.63) is 35.6 Å². The largest absolute Gasteiger partial charge is 0.349 e. The second-order valence-corrected chi connectivity index (χ2v) is 5.62. The van der Waals surface area contributed by atoms with E-state index in [1.807, 2.05) is 14.0 Å². The van der Waals surface area contributed by atoms with Gasteiger partial charge >= 0.3 is 0 Å². The zero-order valence-corrected chi connectivity index (χ0v) is 12.2. The van der Waals surface area contributed by atoms with Gasteiger partial charge in [0.2, 0.25) is 5.91 Å². The minimum Gasteiger partial charge on any atom is -0.349 e. The zero-order chi connectivity index (χ0) is 14.5. The fourth-order valence-corrected chi connectivity index (χ4v) is 2.81. The van der Waals surface area contributed by atoms with E-state index in [1.54, 1.807) is 12.1 Å². The summed E-state index contributed by atoms with van der Waals surface area (Å²) in [5, 5.41) is 6.30. The molecule has 0 unspecified atom stereocenters. The lowest BCUT2D eigenvalue weighted by molar-refractivity contribution is -0.126. The number of carbonyl (C=O) groups excluding carboxylic acids is 1. The van der Waals surface area contributed by atoms with Crippen LogP contribution in [0.1, 0.15) is 44.2 Å². The summed E-state index contributed by atoms with van der Waals surface area (Å²) in [6.45, 7) is 1.93. The molecule has 1 atom stereocenters. The molecule has 1 aromatic rings. The number of benzene rings is 1. The Kier molecular flexibility index (Phi) is 5.12. The van der Waals surface area contributed by atoms with Gasteiger partial charge in [-0.15, -0.1) is 0 Å². The predicted octanol–water partition coefficient (Wildman–Crippen LogP) is 2.78. The summed E-state index contributed by atoms with van der Waals surface area (Å²) in [5.41, 5.74) is 0.934. The lowest BCUT2D eigenvalue weighted by atomic mass is 9.85. The van der Waals surface area contributed by atoms with Crippen LogP contribution in [0.5, 0.6) is 0 Å². The summed E-state index contributed by atoms with van der Waals surface area (Å²) >= 11 is 0. The normalized spacial score (nSPS) is 24.1. The van der Waals surface area contributed by atoms with Gasteiger partial charge in [0.25, 0.3) is 0 Å². The van der Waals surface area contributed by atoms with Gasteiger partial charge in [-0.1, -0.05) is 12.1 Å². The second-order valence-electron chi connectivity index (χ2n) is 5.62. The average Bonchev–Trinajstić information content (AvgIpc) is 2.48. The van der Waals surface area contributed by atoms with Crippen molar-refractivity contribution in [3.8, 4) is 0 Å². The van der Waals surface area contributed by atoms with Crippen LogP contribution in [-0.4, -0.2) is 19.0 Å². The lowest BCUT2D eigenvalue weighted by Gasteiger charge is -2.28. The maximum absolute atomic E-state index is 12.9. The van der Waals surface area contributed by atoms with E-state index in [1.165, 1.54) is 12.1 Å². The van der Waals surface area contributed by atoms with E-state index in [9.17, 15) is 9.18 Å². The van der Waals surface area contributed by atoms with Gasteiger partial charge in [0.15, 0.2) is 0 Å². The number of amides is 1. The third kappa shape index (κ3) is 3.79. The first-order valence-corrected chi connectivity index (χ1v) is 7.33. The number of hydrogen-bond acceptors (Lipinski definition) is 2. The van der Waals surface area contributed by atoms with Crippen molar-refractivity contribution < 1.29 is 9.18 Å². The summed E-state index contributed by atoms with van der Waals surface area (Å²) in [4.78, 5) is 12.2. The highest BCUT2D eigenvalue weighted by Crippen LogP contribution is 2.25. The lowest BCUT2D eigenvalue weighted by Crippen LogP contribution is -2.38. The van der Waals surface area contributed by atoms with Gasteiger partial charge in [-0.3, -0.25) is 4.79 Å². The highest BCUT2D eigenvalue weighted by atomic mass is 19.1. The van der Waals surface area contributed by atoms with Crippen LogP contribution in [0.2, 0.25) is 0 Å². The Labute approximate surface area is 120 Å². The highest BCUT2D eigenvalue weighted by Gasteiger charge is 2.26. The molecule has 0 spiro atoms. The number of halogens is 1. The van der Waals surface area contributed by atoms with Gasteiger partial charge in [-0.2, -0.15) is 0 Å². The molecule has 1 aromatic carbocycles. The van der Waals surface area contributed by atoms with Crippen molar-refractivity contribution in [3.63, 3.8) is 0 Å². The molecule has 20 heavy (non-hydrogen) atoms. The molecule has 0 saturated heterocycles. The van der Waals surface area contributed by atoms with Crippen LogP contribution in [0.15, 0.2) is 24.3 Å². The summed E-state index contributed by atoms with van der Waals surface area (Å²) in [6.07, 6.45) is 3.99. The molecule has 1 fully saturated rings. The van der Waals surface area contributed by atoms with Gasteiger partial charge in [-0.05, 0) is 57.4 Å². The summed E-state index contributed by atoms with van der Waals surface area (Å²) in [7, 11) is 1.97. The third-order valence-corrected chi connectivity index (χ3v) is 4.23. The van der Waals surface area contributed by atoms with Crippen LogP contribution < -0.4 is 10.6 Å². The Hall–Kier alpha value is -1.42. The van der Waals surface area contributed by atoms with E-state index < -0.39 is 0 Å². The van der Waals surface area contributed by atoms with Crippen molar-refractivity contribution in [1.82, 2.24) is 10.6 Å². The van der Waals surface area contributed by atoms with Gasteiger partial charge in [-0.25, -0.2) is 4.39 Å². The van der Waals surface area contributed by atoms with E-state index in [-0.39, 0.29) is 23.7 Å². The zero-order valence-electron chi connectivity index (χ0n) is 12.2. The Balaban J connectivity index is 1.86. The number of nitrogens with one attached hydrogen (secondary N) is 2. The number of carbonyl (C=O) groups is 1. The Morgan fingerprint density at radius 1 is 1.20 bits per heavy atom.